The van der Waals surface area contributed by atoms with Gasteiger partial charge in [-0.25, -0.2) is 8.42 Å². The molecule has 0 amide bonds. The molecule has 1 N–H and O–H groups in total. The third kappa shape index (κ3) is 2.73. The van der Waals surface area contributed by atoms with Crippen molar-refractivity contribution >= 4 is 15.7 Å². The molecule has 0 radical (unpaired) electrons. The molecule has 1 heterocycles. The molecular formula is C14H21N3O4S. The summed E-state index contributed by atoms with van der Waals surface area (Å²) in [7, 11) is -3.92. The quantitative estimate of drug-likeness (QED) is 0.672. The monoisotopic (exact) mass is 327 g/mol. The number of aryl methyl sites for hydroxylation is 1. The zero-order valence-electron chi connectivity index (χ0n) is 13.2. The predicted octanol–water partition coefficient (Wildman–Crippen LogP) is 1.58. The van der Waals surface area contributed by atoms with Crippen molar-refractivity contribution in [3.8, 4) is 0 Å². The van der Waals surface area contributed by atoms with Crippen molar-refractivity contribution in [2.45, 2.75) is 44.7 Å². The van der Waals surface area contributed by atoms with Crippen LogP contribution in [-0.2, 0) is 10.0 Å². The summed E-state index contributed by atoms with van der Waals surface area (Å²) in [5, 5.41) is 14.5. The van der Waals surface area contributed by atoms with E-state index in [0.29, 0.717) is 18.7 Å². The van der Waals surface area contributed by atoms with E-state index in [1.165, 1.54) is 10.4 Å². The van der Waals surface area contributed by atoms with Crippen molar-refractivity contribution < 1.29 is 13.3 Å². The SMILES string of the molecule is Cc1ccc([N+](=O)[O-])c(S(=O)(=O)N2CCNC(C)C2C)c1C. The highest BCUT2D eigenvalue weighted by atomic mass is 32.2. The van der Waals surface area contributed by atoms with Crippen molar-refractivity contribution in [2.24, 2.45) is 0 Å². The zero-order chi connectivity index (χ0) is 16.7. The fourth-order valence-corrected chi connectivity index (χ4v) is 4.87. The molecule has 0 bridgehead atoms. The Bertz CT molecular complexity index is 702. The van der Waals surface area contributed by atoms with Crippen LogP contribution in [0.15, 0.2) is 17.0 Å². The zero-order valence-corrected chi connectivity index (χ0v) is 14.0. The summed E-state index contributed by atoms with van der Waals surface area (Å²) in [5.74, 6) is 0. The Morgan fingerprint density at radius 3 is 2.55 bits per heavy atom. The molecule has 7 nitrogen and oxygen atoms in total. The highest BCUT2D eigenvalue weighted by Gasteiger charge is 2.39. The average Bonchev–Trinajstić information content (AvgIpc) is 2.43. The van der Waals surface area contributed by atoms with E-state index >= 15 is 0 Å². The first-order chi connectivity index (χ1) is 10.2. The second kappa shape index (κ2) is 5.94. The largest absolute Gasteiger partial charge is 0.311 e. The predicted molar refractivity (Wildman–Crippen MR) is 83.4 cm³/mol. The fourth-order valence-electron chi connectivity index (χ4n) is 2.73. The van der Waals surface area contributed by atoms with Crippen LogP contribution < -0.4 is 5.32 Å². The van der Waals surface area contributed by atoms with Crippen LogP contribution in [0.3, 0.4) is 0 Å². The van der Waals surface area contributed by atoms with Gasteiger partial charge >= 0.3 is 0 Å². The van der Waals surface area contributed by atoms with Crippen molar-refractivity contribution in [2.75, 3.05) is 13.1 Å². The number of nitro benzene ring substituents is 1. The van der Waals surface area contributed by atoms with E-state index in [0.717, 1.165) is 5.56 Å². The van der Waals surface area contributed by atoms with Gasteiger partial charge in [-0.2, -0.15) is 4.31 Å². The van der Waals surface area contributed by atoms with E-state index in [1.54, 1.807) is 19.9 Å². The first-order valence-electron chi connectivity index (χ1n) is 7.17. The molecule has 0 aromatic heterocycles. The van der Waals surface area contributed by atoms with Gasteiger partial charge in [0.15, 0.2) is 4.90 Å². The van der Waals surface area contributed by atoms with Crippen LogP contribution >= 0.6 is 0 Å². The maximum atomic E-state index is 13.0. The van der Waals surface area contributed by atoms with Crippen LogP contribution in [0.25, 0.3) is 0 Å². The molecule has 0 aliphatic carbocycles. The summed E-state index contributed by atoms with van der Waals surface area (Å²) < 4.78 is 27.4. The van der Waals surface area contributed by atoms with Gasteiger partial charge in [-0.1, -0.05) is 6.07 Å². The van der Waals surface area contributed by atoms with E-state index < -0.39 is 14.9 Å². The van der Waals surface area contributed by atoms with E-state index in [2.05, 4.69) is 5.32 Å². The van der Waals surface area contributed by atoms with Crippen molar-refractivity contribution in [3.63, 3.8) is 0 Å². The standard InChI is InChI=1S/C14H21N3O4S/c1-9-5-6-13(17(18)19)14(10(9)2)22(20,21)16-8-7-15-11(3)12(16)4/h5-6,11-12,15H,7-8H2,1-4H3. The number of benzene rings is 1. The third-order valence-electron chi connectivity index (χ3n) is 4.40. The van der Waals surface area contributed by atoms with Crippen molar-refractivity contribution in [3.05, 3.63) is 33.4 Å². The van der Waals surface area contributed by atoms with Gasteiger partial charge in [-0.3, -0.25) is 10.1 Å². The van der Waals surface area contributed by atoms with Gasteiger partial charge in [0.05, 0.1) is 4.92 Å². The second-order valence-corrected chi connectivity index (χ2v) is 7.54. The Kier molecular flexibility index (Phi) is 4.55. The van der Waals surface area contributed by atoms with Crippen LogP contribution in [-0.4, -0.2) is 42.8 Å². The second-order valence-electron chi connectivity index (χ2n) is 5.71. The summed E-state index contributed by atoms with van der Waals surface area (Å²) >= 11 is 0. The van der Waals surface area contributed by atoms with Gasteiger partial charge < -0.3 is 5.32 Å². The molecule has 122 valence electrons. The summed E-state index contributed by atoms with van der Waals surface area (Å²) in [6.07, 6.45) is 0. The first kappa shape index (κ1) is 16.9. The number of rotatable bonds is 3. The topological polar surface area (TPSA) is 92.5 Å². The van der Waals surface area contributed by atoms with Crippen LogP contribution in [0.4, 0.5) is 5.69 Å². The molecular weight excluding hydrogens is 306 g/mol. The highest BCUT2D eigenvalue weighted by Crippen LogP contribution is 2.33. The Morgan fingerprint density at radius 2 is 1.95 bits per heavy atom. The molecule has 22 heavy (non-hydrogen) atoms. The van der Waals surface area contributed by atoms with Crippen LogP contribution in [0.2, 0.25) is 0 Å². The van der Waals surface area contributed by atoms with Gasteiger partial charge in [0, 0.05) is 31.2 Å². The summed E-state index contributed by atoms with van der Waals surface area (Å²) in [6, 6.07) is 2.58. The maximum absolute atomic E-state index is 13.0. The Hall–Kier alpha value is -1.51. The summed E-state index contributed by atoms with van der Waals surface area (Å²) in [4.78, 5) is 10.5. The fraction of sp³-hybridized carbons (Fsp3) is 0.571. The van der Waals surface area contributed by atoms with Gasteiger partial charge in [-0.05, 0) is 38.8 Å². The lowest BCUT2D eigenvalue weighted by molar-refractivity contribution is -0.388. The van der Waals surface area contributed by atoms with E-state index in [9.17, 15) is 18.5 Å². The number of nitrogens with zero attached hydrogens (tertiary/aromatic N) is 2. The lowest BCUT2D eigenvalue weighted by Crippen LogP contribution is -2.57. The van der Waals surface area contributed by atoms with Gasteiger partial charge in [-0.15, -0.1) is 0 Å². The Labute approximate surface area is 130 Å². The third-order valence-corrected chi connectivity index (χ3v) is 6.56. The van der Waals surface area contributed by atoms with Gasteiger partial charge in [0.1, 0.15) is 0 Å². The molecule has 2 atom stereocenters. The lowest BCUT2D eigenvalue weighted by atomic mass is 10.1. The number of piperazine rings is 1. The van der Waals surface area contributed by atoms with Gasteiger partial charge in [0.25, 0.3) is 15.7 Å². The minimum absolute atomic E-state index is 0.00676. The summed E-state index contributed by atoms with van der Waals surface area (Å²) in [6.45, 7) is 7.92. The van der Waals surface area contributed by atoms with E-state index in [1.807, 2.05) is 13.8 Å². The first-order valence-corrected chi connectivity index (χ1v) is 8.61. The molecule has 1 aliphatic rings. The van der Waals surface area contributed by atoms with Gasteiger partial charge in [0.2, 0.25) is 0 Å². The molecule has 0 spiro atoms. The summed E-state index contributed by atoms with van der Waals surface area (Å²) in [5.41, 5.74) is 0.800. The number of nitrogens with one attached hydrogen (secondary N) is 1. The number of sulfonamides is 1. The number of hydrogen-bond donors (Lipinski definition) is 1. The molecule has 2 rings (SSSR count). The molecule has 0 saturated carbocycles. The molecule has 1 aromatic rings. The molecule has 1 aromatic carbocycles. The van der Waals surface area contributed by atoms with Crippen molar-refractivity contribution in [1.82, 2.24) is 9.62 Å². The normalized spacial score (nSPS) is 23.5. The molecule has 8 heteroatoms. The van der Waals surface area contributed by atoms with Crippen LogP contribution in [0, 0.1) is 24.0 Å². The average molecular weight is 327 g/mol. The number of nitro groups is 1. The number of hydrogen-bond acceptors (Lipinski definition) is 5. The smallest absolute Gasteiger partial charge is 0.289 e. The minimum atomic E-state index is -3.92. The Balaban J connectivity index is 2.63. The molecule has 1 saturated heterocycles. The highest BCUT2D eigenvalue weighted by molar-refractivity contribution is 7.89. The van der Waals surface area contributed by atoms with Crippen LogP contribution in [0.1, 0.15) is 25.0 Å². The lowest BCUT2D eigenvalue weighted by Gasteiger charge is -2.37. The maximum Gasteiger partial charge on any atom is 0.289 e. The van der Waals surface area contributed by atoms with E-state index in [4.69, 9.17) is 0 Å². The Morgan fingerprint density at radius 1 is 1.32 bits per heavy atom. The molecule has 2 unspecified atom stereocenters. The van der Waals surface area contributed by atoms with Crippen LogP contribution in [0.5, 0.6) is 0 Å². The molecule has 1 fully saturated rings. The molecule has 1 aliphatic heterocycles. The van der Waals surface area contributed by atoms with E-state index in [-0.39, 0.29) is 22.7 Å². The van der Waals surface area contributed by atoms with Crippen molar-refractivity contribution in [1.29, 1.82) is 0 Å². The minimum Gasteiger partial charge on any atom is -0.311 e.